The van der Waals surface area contributed by atoms with E-state index >= 15 is 0 Å². The molecular weight excluding hydrogens is 450 g/mol. The molecule has 9 heteroatoms. The summed E-state index contributed by atoms with van der Waals surface area (Å²) in [4.78, 5) is 32.9. The number of pyridine rings is 1. The average molecular weight is 476 g/mol. The van der Waals surface area contributed by atoms with Gasteiger partial charge in [0.15, 0.2) is 5.13 Å². The highest BCUT2D eigenvalue weighted by molar-refractivity contribution is 7.14. The number of ether oxygens (including phenoxy) is 1. The van der Waals surface area contributed by atoms with Crippen molar-refractivity contribution in [2.24, 2.45) is 7.05 Å². The van der Waals surface area contributed by atoms with Crippen molar-refractivity contribution in [3.8, 4) is 17.0 Å². The zero-order valence-corrected chi connectivity index (χ0v) is 19.9. The smallest absolute Gasteiger partial charge is 0.253 e. The highest BCUT2D eigenvalue weighted by atomic mass is 32.1. The van der Waals surface area contributed by atoms with Crippen molar-refractivity contribution in [2.75, 3.05) is 11.9 Å². The van der Waals surface area contributed by atoms with E-state index in [0.29, 0.717) is 10.7 Å². The highest BCUT2D eigenvalue weighted by Crippen LogP contribution is 2.31. The Morgan fingerprint density at radius 2 is 1.94 bits per heavy atom. The normalized spacial score (nSPS) is 11.1. The first-order chi connectivity index (χ1) is 16.3. The van der Waals surface area contributed by atoms with Crippen LogP contribution in [-0.2, 0) is 17.4 Å². The van der Waals surface area contributed by atoms with E-state index in [1.807, 2.05) is 62.7 Å². The molecular formula is C25H25N5O3S. The van der Waals surface area contributed by atoms with Crippen LogP contribution in [0.15, 0.2) is 72.6 Å². The number of nitrogens with one attached hydrogen (secondary N) is 2. The maximum Gasteiger partial charge on any atom is 0.253 e. The van der Waals surface area contributed by atoms with Gasteiger partial charge in [-0.05, 0) is 43.7 Å². The number of hydrogen-bond donors (Lipinski definition) is 2. The molecule has 174 valence electrons. The Bertz CT molecular complexity index is 1300. The van der Waals surface area contributed by atoms with Gasteiger partial charge in [0.2, 0.25) is 5.91 Å². The Morgan fingerprint density at radius 1 is 1.15 bits per heavy atom. The van der Waals surface area contributed by atoms with Gasteiger partial charge in [-0.2, -0.15) is 0 Å². The molecule has 0 spiro atoms. The summed E-state index contributed by atoms with van der Waals surface area (Å²) in [5.41, 5.74) is 2.58. The average Bonchev–Trinajstić information content (AvgIpc) is 3.47. The number of hydrogen-bond acceptors (Lipinski definition) is 6. The molecule has 0 aliphatic carbocycles. The van der Waals surface area contributed by atoms with Gasteiger partial charge in [-0.25, -0.2) is 4.98 Å². The molecule has 0 unspecified atom stereocenters. The second-order valence-corrected chi connectivity index (χ2v) is 9.07. The van der Waals surface area contributed by atoms with Gasteiger partial charge in [0, 0.05) is 42.8 Å². The fourth-order valence-corrected chi connectivity index (χ4v) is 4.08. The summed E-state index contributed by atoms with van der Waals surface area (Å²) in [5, 5.41) is 7.70. The van der Waals surface area contributed by atoms with Crippen molar-refractivity contribution in [3.63, 3.8) is 0 Å². The molecule has 4 aromatic rings. The largest absolute Gasteiger partial charge is 0.483 e. The van der Waals surface area contributed by atoms with E-state index in [0.717, 1.165) is 22.6 Å². The van der Waals surface area contributed by atoms with E-state index in [2.05, 4.69) is 20.6 Å². The van der Waals surface area contributed by atoms with E-state index in [1.165, 1.54) is 11.3 Å². The second-order valence-electron chi connectivity index (χ2n) is 8.21. The van der Waals surface area contributed by atoms with Gasteiger partial charge in [-0.15, -0.1) is 11.3 Å². The number of benzene rings is 1. The second kappa shape index (κ2) is 9.88. The van der Waals surface area contributed by atoms with Crippen LogP contribution in [0.3, 0.4) is 0 Å². The number of aromatic nitrogens is 3. The molecule has 2 N–H and O–H groups in total. The first-order valence-corrected chi connectivity index (χ1v) is 11.5. The minimum atomic E-state index is -0.568. The lowest BCUT2D eigenvalue weighted by molar-refractivity contribution is -0.115. The van der Waals surface area contributed by atoms with Crippen LogP contribution >= 0.6 is 11.3 Å². The van der Waals surface area contributed by atoms with Crippen LogP contribution in [0.4, 0.5) is 5.13 Å². The van der Waals surface area contributed by atoms with Crippen LogP contribution in [0, 0.1) is 0 Å². The number of rotatable bonds is 8. The van der Waals surface area contributed by atoms with Crippen molar-refractivity contribution < 1.29 is 14.3 Å². The molecule has 0 fully saturated rings. The molecule has 4 rings (SSSR count). The number of nitrogens with zero attached hydrogens (tertiary/aromatic N) is 3. The topological polar surface area (TPSA) is 98.1 Å². The molecule has 3 aromatic heterocycles. The van der Waals surface area contributed by atoms with E-state index < -0.39 is 5.60 Å². The fraction of sp³-hybridized carbons (Fsp3) is 0.200. The van der Waals surface area contributed by atoms with Crippen molar-refractivity contribution in [1.82, 2.24) is 19.9 Å². The van der Waals surface area contributed by atoms with Crippen LogP contribution in [0.2, 0.25) is 0 Å². The molecule has 8 nitrogen and oxygen atoms in total. The lowest BCUT2D eigenvalue weighted by atomic mass is 9.95. The summed E-state index contributed by atoms with van der Waals surface area (Å²) >= 11 is 1.33. The highest BCUT2D eigenvalue weighted by Gasteiger charge is 2.23. The Morgan fingerprint density at radius 3 is 2.68 bits per heavy atom. The lowest BCUT2D eigenvalue weighted by Crippen LogP contribution is -2.32. The molecule has 0 bridgehead atoms. The molecule has 0 saturated carbocycles. The van der Waals surface area contributed by atoms with Crippen molar-refractivity contribution in [1.29, 1.82) is 0 Å². The number of aryl methyl sites for hydroxylation is 1. The number of thiazole rings is 1. The third-order valence-corrected chi connectivity index (χ3v) is 5.89. The first-order valence-electron chi connectivity index (χ1n) is 10.7. The number of carbonyl (C=O) groups excluding carboxylic acids is 2. The summed E-state index contributed by atoms with van der Waals surface area (Å²) < 4.78 is 7.94. The van der Waals surface area contributed by atoms with Gasteiger partial charge >= 0.3 is 0 Å². The van der Waals surface area contributed by atoms with E-state index in [9.17, 15) is 9.59 Å². The van der Waals surface area contributed by atoms with E-state index in [1.54, 1.807) is 35.4 Å². The van der Waals surface area contributed by atoms with Crippen LogP contribution in [-0.4, -0.2) is 32.9 Å². The Balaban J connectivity index is 1.39. The zero-order chi connectivity index (χ0) is 24.1. The van der Waals surface area contributed by atoms with Crippen LogP contribution in [0.25, 0.3) is 11.3 Å². The summed E-state index contributed by atoms with van der Waals surface area (Å²) in [6.45, 7) is 3.87. The molecule has 0 saturated heterocycles. The molecule has 2 amide bonds. The summed E-state index contributed by atoms with van der Waals surface area (Å²) in [6.07, 6.45) is 6.85. The van der Waals surface area contributed by atoms with Gasteiger partial charge in [0.1, 0.15) is 11.4 Å². The maximum atomic E-state index is 12.3. The van der Waals surface area contributed by atoms with Gasteiger partial charge in [-0.3, -0.25) is 14.6 Å². The lowest BCUT2D eigenvalue weighted by Gasteiger charge is -2.27. The van der Waals surface area contributed by atoms with Crippen molar-refractivity contribution in [2.45, 2.75) is 19.4 Å². The third kappa shape index (κ3) is 5.68. The van der Waals surface area contributed by atoms with Gasteiger partial charge in [-0.1, -0.05) is 18.2 Å². The Kier molecular flexibility index (Phi) is 6.74. The third-order valence-electron chi connectivity index (χ3n) is 5.13. The van der Waals surface area contributed by atoms with Crippen molar-refractivity contribution in [3.05, 3.63) is 83.8 Å². The van der Waals surface area contributed by atoms with Crippen molar-refractivity contribution >= 4 is 28.3 Å². The molecule has 0 aliphatic rings. The predicted molar refractivity (Wildman–Crippen MR) is 132 cm³/mol. The minimum absolute atomic E-state index is 0.140. The van der Waals surface area contributed by atoms with Crippen LogP contribution in [0.5, 0.6) is 5.75 Å². The quantitative estimate of drug-likeness (QED) is 0.398. The molecule has 34 heavy (non-hydrogen) atoms. The van der Waals surface area contributed by atoms with Crippen LogP contribution in [0.1, 0.15) is 29.8 Å². The summed E-state index contributed by atoms with van der Waals surface area (Å²) in [6, 6.07) is 13.3. The number of carbonyl (C=O) groups is 2. The van der Waals surface area contributed by atoms with E-state index in [4.69, 9.17) is 4.74 Å². The summed E-state index contributed by atoms with van der Waals surface area (Å²) in [7, 11) is 1.83. The predicted octanol–water partition coefficient (Wildman–Crippen LogP) is 4.23. The van der Waals surface area contributed by atoms with Gasteiger partial charge in [0.25, 0.3) is 5.91 Å². The fourth-order valence-electron chi connectivity index (χ4n) is 3.34. The molecule has 1 aromatic carbocycles. The van der Waals surface area contributed by atoms with Gasteiger partial charge in [0.05, 0.1) is 17.8 Å². The Labute approximate surface area is 201 Å². The number of anilines is 1. The summed E-state index contributed by atoms with van der Waals surface area (Å²) in [5.74, 6) is 0.0956. The molecule has 0 radical (unpaired) electrons. The van der Waals surface area contributed by atoms with E-state index in [-0.39, 0.29) is 18.4 Å². The van der Waals surface area contributed by atoms with Gasteiger partial charge < -0.3 is 19.9 Å². The maximum absolute atomic E-state index is 12.3. The molecule has 0 aliphatic heterocycles. The zero-order valence-electron chi connectivity index (χ0n) is 19.1. The molecule has 3 heterocycles. The Hall–Kier alpha value is -3.98. The SMILES string of the molecule is Cn1ccc(C(=O)NCC(=O)Nc2nc(-c3cccc(C(C)(C)Oc4ccncc4)c3)cs2)c1. The number of amides is 2. The molecule has 0 atom stereocenters. The first kappa shape index (κ1) is 23.2. The standard InChI is InChI=1S/C25H25N5O3S/c1-25(2,33-20-7-10-26-11-8-20)19-6-4-5-17(13-19)21-16-34-24(28-21)29-22(31)14-27-23(32)18-9-12-30(3)15-18/h4-13,15-16H,14H2,1-3H3,(H,27,32)(H,28,29,31). The monoisotopic (exact) mass is 475 g/mol. The minimum Gasteiger partial charge on any atom is -0.483 e. The van der Waals surface area contributed by atoms with Crippen LogP contribution < -0.4 is 15.4 Å².